The van der Waals surface area contributed by atoms with Crippen LogP contribution in [0.4, 0.5) is 5.69 Å². The molecule has 166 valence electrons. The number of amides is 2. The van der Waals surface area contributed by atoms with Crippen LogP contribution in [0.25, 0.3) is 5.69 Å². The Balaban J connectivity index is 1.40. The summed E-state index contributed by atoms with van der Waals surface area (Å²) in [5.41, 5.74) is 2.59. The molecular weight excluding hydrogens is 469 g/mol. The summed E-state index contributed by atoms with van der Waals surface area (Å²) in [6.07, 6.45) is 3.00. The Morgan fingerprint density at radius 2 is 1.88 bits per heavy atom. The van der Waals surface area contributed by atoms with E-state index < -0.39 is 6.04 Å². The molecular formula is C22H21Cl2N5O2S. The summed E-state index contributed by atoms with van der Waals surface area (Å²) in [4.78, 5) is 27.4. The molecule has 0 spiro atoms. The van der Waals surface area contributed by atoms with Gasteiger partial charge in [-0.1, -0.05) is 52.7 Å². The van der Waals surface area contributed by atoms with Crippen LogP contribution >= 0.6 is 35.0 Å². The summed E-state index contributed by atoms with van der Waals surface area (Å²) >= 11 is 13.3. The van der Waals surface area contributed by atoms with E-state index in [1.807, 2.05) is 35.8 Å². The Kier molecular flexibility index (Phi) is 7.03. The van der Waals surface area contributed by atoms with Crippen molar-refractivity contribution >= 4 is 52.5 Å². The lowest BCUT2D eigenvalue weighted by atomic mass is 10.2. The lowest BCUT2D eigenvalue weighted by Crippen LogP contribution is -2.44. The molecule has 2 heterocycles. The highest BCUT2D eigenvalue weighted by Gasteiger charge is 2.34. The van der Waals surface area contributed by atoms with Crippen molar-refractivity contribution in [3.8, 4) is 5.69 Å². The van der Waals surface area contributed by atoms with Crippen LogP contribution in [-0.2, 0) is 9.59 Å². The Hall–Kier alpha value is -2.55. The van der Waals surface area contributed by atoms with Crippen LogP contribution in [0.15, 0.2) is 53.9 Å². The van der Waals surface area contributed by atoms with Crippen molar-refractivity contribution in [3.05, 3.63) is 64.4 Å². The Bertz CT molecular complexity index is 1120. The number of carbonyl (C=O) groups is 2. The Morgan fingerprint density at radius 1 is 1.16 bits per heavy atom. The average molecular weight is 490 g/mol. The van der Waals surface area contributed by atoms with Crippen molar-refractivity contribution in [3.63, 3.8) is 0 Å². The third-order valence-electron chi connectivity index (χ3n) is 5.16. The van der Waals surface area contributed by atoms with E-state index in [1.54, 1.807) is 29.4 Å². The maximum atomic E-state index is 12.9. The van der Waals surface area contributed by atoms with E-state index in [0.29, 0.717) is 33.9 Å². The number of hydrogen-bond donors (Lipinski definition) is 1. The number of aromatic nitrogens is 3. The highest BCUT2D eigenvalue weighted by Crippen LogP contribution is 2.26. The molecule has 1 aliphatic heterocycles. The first-order chi connectivity index (χ1) is 15.4. The highest BCUT2D eigenvalue weighted by molar-refractivity contribution is 7.99. The second kappa shape index (κ2) is 9.94. The van der Waals surface area contributed by atoms with E-state index in [-0.39, 0.29) is 17.6 Å². The standard InChI is InChI=1S/C22H21Cl2N5O2S/c1-14-4-6-18(7-5-14)29-13-25-27-22(29)32-12-20(30)28-8-2-3-19(28)21(31)26-17-10-15(23)9-16(24)11-17/h4-7,9-11,13,19H,2-3,8,12H2,1H3,(H,26,31). The van der Waals surface area contributed by atoms with Gasteiger partial charge < -0.3 is 10.2 Å². The van der Waals surface area contributed by atoms with Crippen molar-refractivity contribution in [2.24, 2.45) is 0 Å². The predicted molar refractivity (Wildman–Crippen MR) is 127 cm³/mol. The highest BCUT2D eigenvalue weighted by atomic mass is 35.5. The summed E-state index contributed by atoms with van der Waals surface area (Å²) in [5, 5.41) is 12.4. The predicted octanol–water partition coefficient (Wildman–Crippen LogP) is 4.60. The number of hydrogen-bond acceptors (Lipinski definition) is 5. The van der Waals surface area contributed by atoms with Gasteiger partial charge in [-0.15, -0.1) is 10.2 Å². The third-order valence-corrected chi connectivity index (χ3v) is 6.52. The van der Waals surface area contributed by atoms with E-state index in [0.717, 1.165) is 17.7 Å². The van der Waals surface area contributed by atoms with Crippen LogP contribution < -0.4 is 5.32 Å². The molecule has 1 fully saturated rings. The smallest absolute Gasteiger partial charge is 0.247 e. The van der Waals surface area contributed by atoms with Gasteiger partial charge in [-0.3, -0.25) is 14.2 Å². The van der Waals surface area contributed by atoms with Crippen molar-refractivity contribution in [2.75, 3.05) is 17.6 Å². The third kappa shape index (κ3) is 5.26. The van der Waals surface area contributed by atoms with E-state index in [9.17, 15) is 9.59 Å². The zero-order valence-electron chi connectivity index (χ0n) is 17.3. The first-order valence-electron chi connectivity index (χ1n) is 10.1. The molecule has 0 bridgehead atoms. The zero-order chi connectivity index (χ0) is 22.7. The monoisotopic (exact) mass is 489 g/mol. The topological polar surface area (TPSA) is 80.1 Å². The molecule has 2 aromatic carbocycles. The van der Waals surface area contributed by atoms with Crippen molar-refractivity contribution in [1.29, 1.82) is 0 Å². The van der Waals surface area contributed by atoms with Gasteiger partial charge >= 0.3 is 0 Å². The molecule has 1 aliphatic rings. The van der Waals surface area contributed by atoms with E-state index in [2.05, 4.69) is 15.5 Å². The summed E-state index contributed by atoms with van der Waals surface area (Å²) in [6.45, 7) is 2.56. The van der Waals surface area contributed by atoms with Crippen molar-refractivity contribution < 1.29 is 9.59 Å². The zero-order valence-corrected chi connectivity index (χ0v) is 19.6. The van der Waals surface area contributed by atoms with Crippen LogP contribution in [0.2, 0.25) is 10.0 Å². The molecule has 3 aromatic rings. The summed E-state index contributed by atoms with van der Waals surface area (Å²) in [6, 6.07) is 12.3. The quantitative estimate of drug-likeness (QED) is 0.511. The Morgan fingerprint density at radius 3 is 2.59 bits per heavy atom. The van der Waals surface area contributed by atoms with Gasteiger partial charge in [-0.2, -0.15) is 0 Å². The maximum Gasteiger partial charge on any atom is 0.247 e. The molecule has 1 saturated heterocycles. The van der Waals surface area contributed by atoms with E-state index >= 15 is 0 Å². The number of carbonyl (C=O) groups excluding carboxylic acids is 2. The molecule has 0 radical (unpaired) electrons. The van der Waals surface area contributed by atoms with E-state index in [1.165, 1.54) is 11.8 Å². The number of nitrogens with zero attached hydrogens (tertiary/aromatic N) is 4. The van der Waals surface area contributed by atoms with Gasteiger partial charge in [0.25, 0.3) is 0 Å². The number of benzene rings is 2. The fraction of sp³-hybridized carbons (Fsp3) is 0.273. The molecule has 2 amide bonds. The summed E-state index contributed by atoms with van der Waals surface area (Å²) in [7, 11) is 0. The van der Waals surface area contributed by atoms with Crippen LogP contribution in [0.5, 0.6) is 0 Å². The number of rotatable bonds is 6. The lowest BCUT2D eigenvalue weighted by Gasteiger charge is -2.24. The van der Waals surface area contributed by atoms with Gasteiger partial charge in [-0.05, 0) is 50.1 Å². The minimum atomic E-state index is -0.532. The molecule has 4 rings (SSSR count). The largest absolute Gasteiger partial charge is 0.330 e. The molecule has 1 atom stereocenters. The van der Waals surface area contributed by atoms with Gasteiger partial charge in [0.2, 0.25) is 11.8 Å². The molecule has 0 aliphatic carbocycles. The number of nitrogens with one attached hydrogen (secondary N) is 1. The van der Waals surface area contributed by atoms with Crippen LogP contribution in [-0.4, -0.2) is 49.8 Å². The fourth-order valence-electron chi connectivity index (χ4n) is 3.60. The first kappa shape index (κ1) is 22.6. The molecule has 10 heteroatoms. The second-order valence-electron chi connectivity index (χ2n) is 7.50. The maximum absolute atomic E-state index is 12.9. The average Bonchev–Trinajstić information content (AvgIpc) is 3.41. The molecule has 1 unspecified atom stereocenters. The van der Waals surface area contributed by atoms with Crippen LogP contribution in [0.1, 0.15) is 18.4 Å². The van der Waals surface area contributed by atoms with Crippen molar-refractivity contribution in [2.45, 2.75) is 31.0 Å². The van der Waals surface area contributed by atoms with E-state index in [4.69, 9.17) is 23.2 Å². The number of aryl methyl sites for hydroxylation is 1. The molecule has 7 nitrogen and oxygen atoms in total. The first-order valence-corrected chi connectivity index (χ1v) is 11.8. The molecule has 1 N–H and O–H groups in total. The normalized spacial score (nSPS) is 15.7. The molecule has 1 aromatic heterocycles. The number of anilines is 1. The van der Waals surface area contributed by atoms with Crippen LogP contribution in [0.3, 0.4) is 0 Å². The lowest BCUT2D eigenvalue weighted by molar-refractivity contribution is -0.134. The molecule has 32 heavy (non-hydrogen) atoms. The van der Waals surface area contributed by atoms with Gasteiger partial charge in [0, 0.05) is 28.0 Å². The summed E-state index contributed by atoms with van der Waals surface area (Å²) < 4.78 is 1.84. The SMILES string of the molecule is Cc1ccc(-n2cnnc2SCC(=O)N2CCCC2C(=O)Nc2cc(Cl)cc(Cl)c2)cc1. The van der Waals surface area contributed by atoms with Gasteiger partial charge in [0.1, 0.15) is 12.4 Å². The number of likely N-dealkylation sites (tertiary alicyclic amines) is 1. The molecule has 0 saturated carbocycles. The minimum absolute atomic E-state index is 0.116. The number of thioether (sulfide) groups is 1. The fourth-order valence-corrected chi connectivity index (χ4v) is 4.94. The van der Waals surface area contributed by atoms with Crippen LogP contribution in [0, 0.1) is 6.92 Å². The van der Waals surface area contributed by atoms with Gasteiger partial charge in [-0.25, -0.2) is 0 Å². The second-order valence-corrected chi connectivity index (χ2v) is 9.32. The van der Waals surface area contributed by atoms with Gasteiger partial charge in [0.05, 0.1) is 5.75 Å². The van der Waals surface area contributed by atoms with Crippen molar-refractivity contribution in [1.82, 2.24) is 19.7 Å². The van der Waals surface area contributed by atoms with Gasteiger partial charge in [0.15, 0.2) is 5.16 Å². The minimum Gasteiger partial charge on any atom is -0.330 e. The Labute approximate surface area is 200 Å². The number of halogens is 2. The summed E-state index contributed by atoms with van der Waals surface area (Å²) in [5.74, 6) is -0.200.